The van der Waals surface area contributed by atoms with E-state index in [-0.39, 0.29) is 63.3 Å². The van der Waals surface area contributed by atoms with Crippen molar-refractivity contribution in [2.75, 3.05) is 0 Å². The lowest BCUT2D eigenvalue weighted by Gasteiger charge is -2.08. The Hall–Kier alpha value is -14.0. The zero-order valence-electron chi connectivity index (χ0n) is 64.9. The van der Waals surface area contributed by atoms with Gasteiger partial charge in [0.25, 0.3) is 0 Å². The Bertz CT molecular complexity index is 6330. The Morgan fingerprint density at radius 2 is 0.617 bits per heavy atom. The number of phenols is 4. The lowest BCUT2D eigenvalue weighted by atomic mass is 9.96. The van der Waals surface area contributed by atoms with Crippen LogP contribution in [0.1, 0.15) is 115 Å². The summed E-state index contributed by atoms with van der Waals surface area (Å²) >= 11 is 11.6. The van der Waals surface area contributed by atoms with Gasteiger partial charge in [-0.25, -0.2) is 9.18 Å². The summed E-state index contributed by atoms with van der Waals surface area (Å²) in [6, 6.07) is 78.6. The quantitative estimate of drug-likeness (QED) is 0.0353. The second-order valence-electron chi connectivity index (χ2n) is 27.9. The first-order valence-corrected chi connectivity index (χ1v) is 41.1. The molecule has 19 heteroatoms. The van der Waals surface area contributed by atoms with Crippen LogP contribution in [0.15, 0.2) is 291 Å². The summed E-state index contributed by atoms with van der Waals surface area (Å²) in [7, 11) is 0. The van der Waals surface area contributed by atoms with Crippen LogP contribution >= 0.6 is 56.9 Å². The molecule has 0 fully saturated rings. The molecule has 0 aliphatic rings. The molecule has 0 unspecified atom stereocenters. The van der Waals surface area contributed by atoms with Gasteiger partial charge in [0, 0.05) is 85.4 Å². The van der Waals surface area contributed by atoms with Crippen LogP contribution in [0.5, 0.6) is 23.0 Å². The highest BCUT2D eigenvalue weighted by molar-refractivity contribution is 7.23. The predicted octanol–water partition coefficient (Wildman–Crippen LogP) is 25.3. The number of ketones is 7. The number of carboxylic acid groups (broad SMARTS) is 1. The van der Waals surface area contributed by atoms with Crippen LogP contribution < -0.4 is 0 Å². The van der Waals surface area contributed by atoms with Crippen molar-refractivity contribution in [1.29, 1.82) is 0 Å². The average molecular weight is 1680 g/mol. The van der Waals surface area contributed by atoms with E-state index in [1.54, 1.807) is 109 Å². The number of fused-ring (bicyclic) bond motifs is 4. The molecule has 0 amide bonds. The van der Waals surface area contributed by atoms with Gasteiger partial charge in [-0.15, -0.1) is 45.3 Å². The van der Waals surface area contributed by atoms with Gasteiger partial charge in [0.1, 0.15) is 28.8 Å². The van der Waals surface area contributed by atoms with E-state index >= 15 is 0 Å². The van der Waals surface area contributed by atoms with E-state index < -0.39 is 17.6 Å². The molecule has 13 nitrogen and oxygen atoms in total. The van der Waals surface area contributed by atoms with Gasteiger partial charge in [0.15, 0.2) is 17.3 Å². The third-order valence-electron chi connectivity index (χ3n) is 19.2. The number of halogens is 2. The SMILES string of the molecule is CC(=O)/C=C/c1ccc(-c2c(C(=O)c3ccccc3C)sc3cc(O)ccc23)cc1.CC(=O)/C=C/c1ccc(-c2c(C(=O)c3ccccc3Cl)sc3cc(O)ccc23)cc1.CC(=O)/C=C/c1ccc(-c2c(C(=O)c3ccccc3F)sc3cc(O)ccc23)cc1.Cc1ccc(C(=O)c2sc3cc(O)ccc3c2-c2ccc(/C=C/C(=O)O)cc2)cc1. The normalized spacial score (nSPS) is 11.3. The topological polar surface area (TPSA) is 238 Å². The van der Waals surface area contributed by atoms with Crippen LogP contribution in [0, 0.1) is 19.7 Å². The summed E-state index contributed by atoms with van der Waals surface area (Å²) in [4.78, 5) is 99.8. The van der Waals surface area contributed by atoms with Gasteiger partial charge in [-0.3, -0.25) is 33.6 Å². The Labute approximate surface area is 710 Å². The first kappa shape index (κ1) is 83.9. The number of carbonyl (C=O) groups is 8. The molecule has 0 radical (unpaired) electrons. The molecule has 0 saturated carbocycles. The molecule has 5 N–H and O–H groups in total. The number of thiophene rings is 4. The third-order valence-corrected chi connectivity index (χ3v) is 24.1. The number of hydrogen-bond donors (Lipinski definition) is 5. The van der Waals surface area contributed by atoms with Crippen molar-refractivity contribution < 1.29 is 68.3 Å². The summed E-state index contributed by atoms with van der Waals surface area (Å²) in [5.74, 6) is -1.71. The molecule has 120 heavy (non-hydrogen) atoms. The monoisotopic (exact) mass is 1670 g/mol. The van der Waals surface area contributed by atoms with Crippen molar-refractivity contribution in [2.24, 2.45) is 0 Å². The van der Waals surface area contributed by atoms with Crippen LogP contribution in [0.4, 0.5) is 4.39 Å². The second kappa shape index (κ2) is 37.5. The van der Waals surface area contributed by atoms with Gasteiger partial charge >= 0.3 is 5.97 Å². The summed E-state index contributed by atoms with van der Waals surface area (Å²) in [6.07, 6.45) is 12.4. The van der Waals surface area contributed by atoms with E-state index in [1.807, 2.05) is 178 Å². The van der Waals surface area contributed by atoms with Crippen molar-refractivity contribution in [2.45, 2.75) is 34.6 Å². The minimum atomic E-state index is -1.01. The van der Waals surface area contributed by atoms with Crippen LogP contribution in [0.2, 0.25) is 5.02 Å². The van der Waals surface area contributed by atoms with Crippen LogP contribution in [0.25, 0.3) is 109 Å². The molecule has 592 valence electrons. The van der Waals surface area contributed by atoms with E-state index in [0.29, 0.717) is 46.8 Å². The second-order valence-corrected chi connectivity index (χ2v) is 32.5. The van der Waals surface area contributed by atoms with E-state index in [1.165, 1.54) is 103 Å². The Kier molecular flexibility index (Phi) is 26.3. The number of aryl methyl sites for hydroxylation is 2. The molecule has 0 saturated heterocycles. The maximum atomic E-state index is 14.3. The number of phenolic OH excluding ortho intramolecular Hbond substituents is 4. The van der Waals surface area contributed by atoms with Crippen molar-refractivity contribution in [1.82, 2.24) is 0 Å². The number of allylic oxidation sites excluding steroid dienone is 3. The van der Waals surface area contributed by atoms with E-state index in [0.717, 1.165) is 119 Å². The zero-order valence-corrected chi connectivity index (χ0v) is 68.9. The van der Waals surface area contributed by atoms with E-state index in [2.05, 4.69) is 0 Å². The van der Waals surface area contributed by atoms with Crippen molar-refractivity contribution >= 4 is 168 Å². The predicted molar refractivity (Wildman–Crippen MR) is 485 cm³/mol. The minimum absolute atomic E-state index is 0.00572. The van der Waals surface area contributed by atoms with Crippen molar-refractivity contribution in [3.63, 3.8) is 0 Å². The van der Waals surface area contributed by atoms with Gasteiger partial charge in [-0.2, -0.15) is 0 Å². The van der Waals surface area contributed by atoms with Gasteiger partial charge in [0.05, 0.1) is 30.1 Å². The first-order chi connectivity index (χ1) is 57.7. The van der Waals surface area contributed by atoms with E-state index in [4.69, 9.17) is 16.7 Å². The number of rotatable bonds is 20. The Morgan fingerprint density at radius 3 is 0.942 bits per heavy atom. The molecule has 16 aromatic rings. The maximum absolute atomic E-state index is 14.3. The fraction of sp³-hybridized carbons (Fsp3) is 0.0495. The van der Waals surface area contributed by atoms with Gasteiger partial charge in [-0.1, -0.05) is 205 Å². The van der Waals surface area contributed by atoms with Crippen molar-refractivity contribution in [3.05, 3.63) is 377 Å². The number of aromatic hydroxyl groups is 4. The molecule has 16 rings (SSSR count). The molecule has 0 bridgehead atoms. The zero-order chi connectivity index (χ0) is 85.0. The number of carbonyl (C=O) groups excluding carboxylic acids is 7. The lowest BCUT2D eigenvalue weighted by molar-refractivity contribution is -0.131. The molecule has 0 atom stereocenters. The fourth-order valence-corrected chi connectivity index (χ4v) is 18.4. The molecule has 0 aliphatic heterocycles. The maximum Gasteiger partial charge on any atom is 0.328 e. The van der Waals surface area contributed by atoms with Crippen molar-refractivity contribution in [3.8, 4) is 67.5 Å². The number of carboxylic acids is 1. The number of hydrogen-bond acceptors (Lipinski definition) is 16. The highest BCUT2D eigenvalue weighted by Gasteiger charge is 2.28. The van der Waals surface area contributed by atoms with Crippen LogP contribution in [-0.2, 0) is 19.2 Å². The summed E-state index contributed by atoms with van der Waals surface area (Å²) in [6.45, 7) is 8.41. The molecule has 0 spiro atoms. The Balaban J connectivity index is 0.000000138. The molecular formula is C101H72ClFO13S4. The molecule has 4 heterocycles. The standard InChI is InChI=1S/C26H20O3S.C25H17ClO3S.C25H17FO3S.C25H18O4S/c1-16-5-3-4-6-21(16)25(29)26-24(22-14-13-20(28)15-23(22)30-26)19-11-9-18(10-12-19)8-7-17(2)27;2*1-15(27)6-7-16-8-10-17(11-9-16)23-20-13-12-18(28)14-22(20)30-25(23)24(29)19-4-2-3-5-21(19)26;1-15-2-7-18(8-3-15)24(29)25-23(20-12-11-19(26)14-21(20)30-25)17-9-4-16(5-10-17)6-13-22(27)28/h3-15,28H,1-2H3;2*2-14,28H,1H3;2-14,26H,1H3,(H,27,28)/b8-7+;2*7-6+;13-6+. The number of aliphatic carboxylic acids is 1. The smallest absolute Gasteiger partial charge is 0.328 e. The van der Waals surface area contributed by atoms with Crippen LogP contribution in [-0.4, -0.2) is 72.0 Å². The highest BCUT2D eigenvalue weighted by atomic mass is 35.5. The summed E-state index contributed by atoms with van der Waals surface area (Å²) in [5.41, 5.74) is 13.8. The Morgan fingerprint density at radius 1 is 0.325 bits per heavy atom. The summed E-state index contributed by atoms with van der Waals surface area (Å²) < 4.78 is 17.5. The molecule has 0 aliphatic carbocycles. The largest absolute Gasteiger partial charge is 0.508 e. The van der Waals surface area contributed by atoms with E-state index in [9.17, 15) is 63.2 Å². The summed E-state index contributed by atoms with van der Waals surface area (Å²) in [5, 5.41) is 52.3. The average Bonchev–Trinajstić information content (AvgIpc) is 1.63. The minimum Gasteiger partial charge on any atom is -0.508 e. The lowest BCUT2D eigenvalue weighted by Crippen LogP contribution is -2.03. The molecule has 4 aromatic heterocycles. The number of benzene rings is 12. The first-order valence-electron chi connectivity index (χ1n) is 37.4. The van der Waals surface area contributed by atoms with Gasteiger partial charge in [-0.05, 0) is 206 Å². The molecule has 12 aromatic carbocycles. The third kappa shape index (κ3) is 19.7. The van der Waals surface area contributed by atoms with Gasteiger partial charge in [0.2, 0.25) is 23.1 Å². The molecular weight excluding hydrogens is 1600 g/mol. The highest BCUT2D eigenvalue weighted by Crippen LogP contribution is 2.47. The van der Waals surface area contributed by atoms with Crippen LogP contribution in [0.3, 0.4) is 0 Å². The van der Waals surface area contributed by atoms with Gasteiger partial charge < -0.3 is 25.5 Å². The fourth-order valence-electron chi connectivity index (χ4n) is 13.3.